The van der Waals surface area contributed by atoms with Gasteiger partial charge in [0.05, 0.1) is 0 Å². The Morgan fingerprint density at radius 3 is 2.50 bits per heavy atom. The van der Waals surface area contributed by atoms with Gasteiger partial charge in [0.15, 0.2) is 0 Å². The van der Waals surface area contributed by atoms with Crippen molar-refractivity contribution < 1.29 is 4.79 Å². The Balaban J connectivity index is 1.92. The molecule has 2 rings (SSSR count). The highest BCUT2D eigenvalue weighted by molar-refractivity contribution is 9.10. The highest BCUT2D eigenvalue weighted by Crippen LogP contribution is 2.17. The van der Waals surface area contributed by atoms with Crippen molar-refractivity contribution in [3.05, 3.63) is 33.8 Å². The second-order valence-electron chi connectivity index (χ2n) is 5.89. The van der Waals surface area contributed by atoms with Crippen molar-refractivity contribution in [2.45, 2.75) is 45.7 Å². The summed E-state index contributed by atoms with van der Waals surface area (Å²) < 4.78 is 0.956. The van der Waals surface area contributed by atoms with Crippen molar-refractivity contribution in [2.75, 3.05) is 13.1 Å². The van der Waals surface area contributed by atoms with Gasteiger partial charge in [-0.2, -0.15) is 0 Å². The second kappa shape index (κ2) is 6.72. The summed E-state index contributed by atoms with van der Waals surface area (Å²) in [4.78, 5) is 14.8. The van der Waals surface area contributed by atoms with Gasteiger partial charge < -0.3 is 10.2 Å². The zero-order valence-corrected chi connectivity index (χ0v) is 14.0. The number of nitrogens with one attached hydrogen (secondary N) is 1. The Bertz CT molecular complexity index is 459. The Morgan fingerprint density at radius 2 is 1.95 bits per heavy atom. The number of carbonyl (C=O) groups excluding carboxylic acids is 1. The van der Waals surface area contributed by atoms with Crippen LogP contribution in [-0.4, -0.2) is 36.0 Å². The molecule has 0 bridgehead atoms. The first kappa shape index (κ1) is 15.5. The molecule has 3 nitrogen and oxygen atoms in total. The van der Waals surface area contributed by atoms with Crippen LogP contribution in [0.2, 0.25) is 0 Å². The molecule has 4 heteroatoms. The Labute approximate surface area is 129 Å². The maximum Gasteiger partial charge on any atom is 0.251 e. The van der Waals surface area contributed by atoms with Crippen molar-refractivity contribution >= 4 is 21.8 Å². The van der Waals surface area contributed by atoms with E-state index < -0.39 is 0 Å². The van der Waals surface area contributed by atoms with Gasteiger partial charge in [-0.25, -0.2) is 0 Å². The lowest BCUT2D eigenvalue weighted by atomic mass is 10.0. The molecular weight excluding hydrogens is 316 g/mol. The molecule has 1 N–H and O–H groups in total. The highest BCUT2D eigenvalue weighted by Gasteiger charge is 2.22. The van der Waals surface area contributed by atoms with Crippen molar-refractivity contribution in [3.8, 4) is 0 Å². The van der Waals surface area contributed by atoms with Gasteiger partial charge in [0, 0.05) is 35.2 Å². The first-order valence-corrected chi connectivity index (χ1v) is 8.07. The largest absolute Gasteiger partial charge is 0.349 e. The molecule has 0 atom stereocenters. The molecule has 0 radical (unpaired) electrons. The summed E-state index contributed by atoms with van der Waals surface area (Å²) in [6.45, 7) is 8.59. The number of likely N-dealkylation sites (tertiary alicyclic amines) is 1. The minimum absolute atomic E-state index is 0.0393. The molecule has 1 aromatic rings. The number of rotatable bonds is 3. The maximum absolute atomic E-state index is 12.3. The number of carbonyl (C=O) groups is 1. The first-order valence-electron chi connectivity index (χ1n) is 7.28. The number of benzene rings is 1. The molecule has 0 unspecified atom stereocenters. The maximum atomic E-state index is 12.3. The average Bonchev–Trinajstić information content (AvgIpc) is 2.38. The molecule has 1 amide bonds. The van der Waals surface area contributed by atoms with E-state index in [4.69, 9.17) is 0 Å². The van der Waals surface area contributed by atoms with Gasteiger partial charge in [-0.1, -0.05) is 15.9 Å². The van der Waals surface area contributed by atoms with Crippen LogP contribution in [0.1, 0.15) is 42.6 Å². The minimum atomic E-state index is 0.0393. The summed E-state index contributed by atoms with van der Waals surface area (Å²) in [6.07, 6.45) is 2.08. The molecule has 110 valence electrons. The monoisotopic (exact) mass is 338 g/mol. The molecule has 1 saturated heterocycles. The predicted octanol–water partition coefficient (Wildman–Crippen LogP) is 3.36. The van der Waals surface area contributed by atoms with Crippen molar-refractivity contribution in [3.63, 3.8) is 0 Å². The van der Waals surface area contributed by atoms with Gasteiger partial charge >= 0.3 is 0 Å². The Kier molecular flexibility index (Phi) is 5.22. The van der Waals surface area contributed by atoms with Crippen LogP contribution in [0.3, 0.4) is 0 Å². The van der Waals surface area contributed by atoms with E-state index >= 15 is 0 Å². The van der Waals surface area contributed by atoms with Crippen LogP contribution in [0.15, 0.2) is 22.7 Å². The van der Waals surface area contributed by atoms with Gasteiger partial charge in [0.2, 0.25) is 0 Å². The number of halogens is 1. The number of hydrogen-bond acceptors (Lipinski definition) is 2. The van der Waals surface area contributed by atoms with Crippen LogP contribution in [0.4, 0.5) is 0 Å². The van der Waals surface area contributed by atoms with E-state index in [0.29, 0.717) is 12.1 Å². The molecule has 1 aromatic carbocycles. The van der Waals surface area contributed by atoms with Gasteiger partial charge in [0.25, 0.3) is 5.91 Å². The number of nitrogens with zero attached hydrogens (tertiary/aromatic N) is 1. The van der Waals surface area contributed by atoms with Crippen molar-refractivity contribution in [1.29, 1.82) is 0 Å². The fraction of sp³-hybridized carbons (Fsp3) is 0.562. The molecule has 0 spiro atoms. The number of aryl methyl sites for hydroxylation is 1. The SMILES string of the molecule is Cc1cc(Br)cc(C(=O)NC2CCN(C(C)C)CC2)c1. The van der Waals surface area contributed by atoms with Crippen LogP contribution in [0.5, 0.6) is 0 Å². The number of amides is 1. The van der Waals surface area contributed by atoms with Crippen molar-refractivity contribution in [2.24, 2.45) is 0 Å². The number of hydrogen-bond donors (Lipinski definition) is 1. The van der Waals surface area contributed by atoms with Crippen LogP contribution in [-0.2, 0) is 0 Å². The standard InChI is InChI=1S/C16H23BrN2O/c1-11(2)19-6-4-15(5-7-19)18-16(20)13-8-12(3)9-14(17)10-13/h8-11,15H,4-7H2,1-3H3,(H,18,20). The van der Waals surface area contributed by atoms with Gasteiger partial charge in [-0.3, -0.25) is 4.79 Å². The van der Waals surface area contributed by atoms with Gasteiger partial charge in [-0.05, 0) is 57.4 Å². The molecular formula is C16H23BrN2O. The quantitative estimate of drug-likeness (QED) is 0.916. The number of piperidine rings is 1. The topological polar surface area (TPSA) is 32.3 Å². The first-order chi connectivity index (χ1) is 9.45. The summed E-state index contributed by atoms with van der Waals surface area (Å²) in [7, 11) is 0. The fourth-order valence-electron chi connectivity index (χ4n) is 2.70. The molecule has 1 aliphatic heterocycles. The molecule has 0 aromatic heterocycles. The normalized spacial score (nSPS) is 17.4. The molecule has 1 fully saturated rings. The summed E-state index contributed by atoms with van der Waals surface area (Å²) in [5.74, 6) is 0.0393. The molecule has 1 heterocycles. The van der Waals surface area contributed by atoms with E-state index in [2.05, 4.69) is 40.0 Å². The van der Waals surface area contributed by atoms with Crippen LogP contribution in [0.25, 0.3) is 0 Å². The van der Waals surface area contributed by atoms with Gasteiger partial charge in [-0.15, -0.1) is 0 Å². The smallest absolute Gasteiger partial charge is 0.251 e. The lowest BCUT2D eigenvalue weighted by Gasteiger charge is -2.34. The third kappa shape index (κ3) is 4.06. The van der Waals surface area contributed by atoms with Crippen LogP contribution >= 0.6 is 15.9 Å². The van der Waals surface area contributed by atoms with Gasteiger partial charge in [0.1, 0.15) is 0 Å². The summed E-state index contributed by atoms with van der Waals surface area (Å²) in [5, 5.41) is 3.16. The lowest BCUT2D eigenvalue weighted by Crippen LogP contribution is -2.46. The van der Waals surface area contributed by atoms with Crippen LogP contribution < -0.4 is 5.32 Å². The average molecular weight is 339 g/mol. The third-order valence-electron chi connectivity index (χ3n) is 3.90. The zero-order chi connectivity index (χ0) is 14.7. The minimum Gasteiger partial charge on any atom is -0.349 e. The second-order valence-corrected chi connectivity index (χ2v) is 6.81. The fourth-order valence-corrected chi connectivity index (χ4v) is 3.30. The Morgan fingerprint density at radius 1 is 1.30 bits per heavy atom. The Hall–Kier alpha value is -0.870. The van der Waals surface area contributed by atoms with E-state index in [1.54, 1.807) is 0 Å². The third-order valence-corrected chi connectivity index (χ3v) is 4.36. The summed E-state index contributed by atoms with van der Waals surface area (Å²) >= 11 is 3.44. The summed E-state index contributed by atoms with van der Waals surface area (Å²) in [6, 6.07) is 6.73. The highest BCUT2D eigenvalue weighted by atomic mass is 79.9. The predicted molar refractivity (Wildman–Crippen MR) is 86.1 cm³/mol. The van der Waals surface area contributed by atoms with Crippen molar-refractivity contribution in [1.82, 2.24) is 10.2 Å². The van der Waals surface area contributed by atoms with E-state index in [1.807, 2.05) is 25.1 Å². The van der Waals surface area contributed by atoms with E-state index in [-0.39, 0.29) is 5.91 Å². The molecule has 20 heavy (non-hydrogen) atoms. The zero-order valence-electron chi connectivity index (χ0n) is 12.4. The van der Waals surface area contributed by atoms with E-state index in [0.717, 1.165) is 41.5 Å². The molecule has 0 aliphatic carbocycles. The van der Waals surface area contributed by atoms with E-state index in [1.165, 1.54) is 0 Å². The van der Waals surface area contributed by atoms with Crippen LogP contribution in [0, 0.1) is 6.92 Å². The van der Waals surface area contributed by atoms with E-state index in [9.17, 15) is 4.79 Å². The molecule has 1 aliphatic rings. The lowest BCUT2D eigenvalue weighted by molar-refractivity contribution is 0.0900. The summed E-state index contributed by atoms with van der Waals surface area (Å²) in [5.41, 5.74) is 1.84. The molecule has 0 saturated carbocycles.